The van der Waals surface area contributed by atoms with Crippen LogP contribution in [0.5, 0.6) is 0 Å². The summed E-state index contributed by atoms with van der Waals surface area (Å²) in [4.78, 5) is 16.2. The lowest BCUT2D eigenvalue weighted by atomic mass is 10.1. The monoisotopic (exact) mass is 284 g/mol. The van der Waals surface area contributed by atoms with Gasteiger partial charge < -0.3 is 9.84 Å². The van der Waals surface area contributed by atoms with Crippen molar-refractivity contribution in [2.24, 2.45) is 0 Å². The lowest BCUT2D eigenvalue weighted by molar-refractivity contribution is -0.145. The first-order chi connectivity index (χ1) is 9.69. The van der Waals surface area contributed by atoms with Crippen molar-refractivity contribution in [3.8, 4) is 0 Å². The van der Waals surface area contributed by atoms with Gasteiger partial charge in [-0.25, -0.2) is 0 Å². The van der Waals surface area contributed by atoms with E-state index in [0.29, 0.717) is 19.2 Å². The van der Waals surface area contributed by atoms with Crippen LogP contribution in [0.1, 0.15) is 39.0 Å². The first kappa shape index (κ1) is 15.7. The number of carbonyl (C=O) groups is 1. The predicted molar refractivity (Wildman–Crippen MR) is 77.5 cm³/mol. The number of aliphatic hydroxyl groups excluding tert-OH is 1. The van der Waals surface area contributed by atoms with Gasteiger partial charge >= 0.3 is 5.97 Å². The fourth-order valence-electron chi connectivity index (χ4n) is 3.33. The molecule has 0 bridgehead atoms. The molecule has 2 heterocycles. The molecule has 2 unspecified atom stereocenters. The highest BCUT2D eigenvalue weighted by Gasteiger charge is 2.29. The molecule has 0 radical (unpaired) electrons. The first-order valence-corrected chi connectivity index (χ1v) is 7.99. The summed E-state index contributed by atoms with van der Waals surface area (Å²) in [6.07, 6.45) is 4.70. The number of esters is 1. The third-order valence-corrected chi connectivity index (χ3v) is 4.33. The number of hydrogen-bond donors (Lipinski definition) is 1. The van der Waals surface area contributed by atoms with Crippen molar-refractivity contribution in [3.05, 3.63) is 0 Å². The van der Waals surface area contributed by atoms with Gasteiger partial charge in [-0.3, -0.25) is 14.6 Å². The minimum Gasteiger partial charge on any atom is -0.466 e. The number of rotatable bonds is 6. The Morgan fingerprint density at radius 1 is 1.30 bits per heavy atom. The maximum atomic E-state index is 11.3. The van der Waals surface area contributed by atoms with Crippen LogP contribution in [-0.2, 0) is 9.53 Å². The van der Waals surface area contributed by atoms with Crippen LogP contribution in [0, 0.1) is 0 Å². The topological polar surface area (TPSA) is 53.0 Å². The number of hydrogen-bond acceptors (Lipinski definition) is 5. The molecule has 2 fully saturated rings. The van der Waals surface area contributed by atoms with Gasteiger partial charge in [0.1, 0.15) is 0 Å². The highest BCUT2D eigenvalue weighted by molar-refractivity contribution is 5.69. The van der Waals surface area contributed by atoms with E-state index in [1.54, 1.807) is 6.92 Å². The lowest BCUT2D eigenvalue weighted by Crippen LogP contribution is -2.41. The molecule has 0 aromatic heterocycles. The SMILES string of the molecule is CCOC(=O)CC(O)CN1CCC(N2CCCCC2)C1. The third kappa shape index (κ3) is 4.72. The van der Waals surface area contributed by atoms with Gasteiger partial charge in [-0.15, -0.1) is 0 Å². The van der Waals surface area contributed by atoms with Gasteiger partial charge in [0.2, 0.25) is 0 Å². The Labute approximate surface area is 121 Å². The summed E-state index contributed by atoms with van der Waals surface area (Å²) < 4.78 is 4.87. The van der Waals surface area contributed by atoms with E-state index in [1.807, 2.05) is 0 Å². The fourth-order valence-corrected chi connectivity index (χ4v) is 3.33. The quantitative estimate of drug-likeness (QED) is 0.733. The Morgan fingerprint density at radius 3 is 2.75 bits per heavy atom. The molecule has 2 saturated heterocycles. The van der Waals surface area contributed by atoms with Crippen LogP contribution < -0.4 is 0 Å². The normalized spacial score (nSPS) is 26.6. The van der Waals surface area contributed by atoms with Gasteiger partial charge in [0, 0.05) is 19.1 Å². The van der Waals surface area contributed by atoms with Crippen molar-refractivity contribution in [2.75, 3.05) is 39.3 Å². The average molecular weight is 284 g/mol. The van der Waals surface area contributed by atoms with Gasteiger partial charge in [0.15, 0.2) is 0 Å². The summed E-state index contributed by atoms with van der Waals surface area (Å²) in [7, 11) is 0. The standard InChI is InChI=1S/C15H28N2O3/c1-2-20-15(19)10-14(18)12-16-9-6-13(11-16)17-7-4-3-5-8-17/h13-14,18H,2-12H2,1H3. The predicted octanol–water partition coefficient (Wildman–Crippen LogP) is 0.861. The molecule has 2 rings (SSSR count). The Kier molecular flexibility index (Phi) is 6.26. The minimum absolute atomic E-state index is 0.110. The van der Waals surface area contributed by atoms with Gasteiger partial charge in [-0.05, 0) is 45.8 Å². The van der Waals surface area contributed by atoms with E-state index in [1.165, 1.54) is 38.8 Å². The molecule has 0 saturated carbocycles. The van der Waals surface area contributed by atoms with Crippen LogP contribution in [0.3, 0.4) is 0 Å². The molecule has 2 aliphatic rings. The Morgan fingerprint density at radius 2 is 2.05 bits per heavy atom. The molecule has 5 heteroatoms. The van der Waals surface area contributed by atoms with Crippen LogP contribution in [-0.4, -0.2) is 72.4 Å². The number of ether oxygens (including phenoxy) is 1. The molecule has 2 aliphatic heterocycles. The Hall–Kier alpha value is -0.650. The van der Waals surface area contributed by atoms with Crippen molar-refractivity contribution < 1.29 is 14.6 Å². The minimum atomic E-state index is -0.603. The summed E-state index contributed by atoms with van der Waals surface area (Å²) >= 11 is 0. The van der Waals surface area contributed by atoms with Gasteiger partial charge in [0.25, 0.3) is 0 Å². The van der Waals surface area contributed by atoms with Crippen LogP contribution in [0.2, 0.25) is 0 Å². The number of β-amino-alcohol motifs (C(OH)–C–C–N with tert-alkyl or cyclic N) is 1. The van der Waals surface area contributed by atoms with Crippen molar-refractivity contribution in [1.82, 2.24) is 9.80 Å². The maximum Gasteiger partial charge on any atom is 0.308 e. The second-order valence-corrected chi connectivity index (χ2v) is 5.96. The van der Waals surface area contributed by atoms with Crippen molar-refractivity contribution in [2.45, 2.75) is 51.2 Å². The zero-order chi connectivity index (χ0) is 14.4. The number of nitrogens with zero attached hydrogens (tertiary/aromatic N) is 2. The molecule has 0 amide bonds. The first-order valence-electron chi connectivity index (χ1n) is 7.99. The van der Waals surface area contributed by atoms with Gasteiger partial charge in [-0.1, -0.05) is 6.42 Å². The van der Waals surface area contributed by atoms with E-state index in [4.69, 9.17) is 4.74 Å². The molecule has 0 aromatic rings. The molecule has 1 N–H and O–H groups in total. The zero-order valence-corrected chi connectivity index (χ0v) is 12.6. The molecule has 0 spiro atoms. The summed E-state index contributed by atoms with van der Waals surface area (Å²) in [5.74, 6) is -0.299. The fraction of sp³-hybridized carbons (Fsp3) is 0.933. The van der Waals surface area contributed by atoms with E-state index in [2.05, 4.69) is 9.80 Å². The Balaban J connectivity index is 1.68. The summed E-state index contributed by atoms with van der Waals surface area (Å²) in [6.45, 7) is 7.26. The van der Waals surface area contributed by atoms with Crippen LogP contribution in [0.15, 0.2) is 0 Å². The Bertz CT molecular complexity index is 305. The number of aliphatic hydroxyl groups is 1. The van der Waals surface area contributed by atoms with E-state index in [9.17, 15) is 9.90 Å². The van der Waals surface area contributed by atoms with E-state index < -0.39 is 6.10 Å². The molecule has 20 heavy (non-hydrogen) atoms. The number of carbonyl (C=O) groups excluding carboxylic acids is 1. The third-order valence-electron chi connectivity index (χ3n) is 4.33. The summed E-state index contributed by atoms with van der Waals surface area (Å²) in [5.41, 5.74) is 0. The van der Waals surface area contributed by atoms with Crippen LogP contribution >= 0.6 is 0 Å². The number of piperidine rings is 1. The van der Waals surface area contributed by atoms with E-state index in [-0.39, 0.29) is 12.4 Å². The average Bonchev–Trinajstić information content (AvgIpc) is 2.88. The van der Waals surface area contributed by atoms with Crippen molar-refractivity contribution >= 4 is 5.97 Å². The van der Waals surface area contributed by atoms with Crippen LogP contribution in [0.25, 0.3) is 0 Å². The highest BCUT2D eigenvalue weighted by atomic mass is 16.5. The molecule has 116 valence electrons. The largest absolute Gasteiger partial charge is 0.466 e. The lowest BCUT2D eigenvalue weighted by Gasteiger charge is -2.32. The second-order valence-electron chi connectivity index (χ2n) is 5.96. The summed E-state index contributed by atoms with van der Waals surface area (Å²) in [6, 6.07) is 0.644. The van der Waals surface area contributed by atoms with Crippen molar-refractivity contribution in [3.63, 3.8) is 0 Å². The zero-order valence-electron chi connectivity index (χ0n) is 12.6. The van der Waals surface area contributed by atoms with Gasteiger partial charge in [0.05, 0.1) is 19.1 Å². The second kappa shape index (κ2) is 7.96. The van der Waals surface area contributed by atoms with Gasteiger partial charge in [-0.2, -0.15) is 0 Å². The van der Waals surface area contributed by atoms with E-state index in [0.717, 1.165) is 13.1 Å². The van der Waals surface area contributed by atoms with E-state index >= 15 is 0 Å². The molecular weight excluding hydrogens is 256 g/mol. The molecule has 0 aliphatic carbocycles. The van der Waals surface area contributed by atoms with Crippen molar-refractivity contribution in [1.29, 1.82) is 0 Å². The summed E-state index contributed by atoms with van der Waals surface area (Å²) in [5, 5.41) is 9.95. The number of likely N-dealkylation sites (tertiary alicyclic amines) is 2. The molecular formula is C15H28N2O3. The molecule has 2 atom stereocenters. The smallest absolute Gasteiger partial charge is 0.308 e. The van der Waals surface area contributed by atoms with Crippen LogP contribution in [0.4, 0.5) is 0 Å². The molecule has 5 nitrogen and oxygen atoms in total. The highest BCUT2D eigenvalue weighted by Crippen LogP contribution is 2.20. The molecule has 0 aromatic carbocycles. The maximum absolute atomic E-state index is 11.3.